The predicted octanol–water partition coefficient (Wildman–Crippen LogP) is 4.51. The maximum atomic E-state index is 11.1. The van der Waals surface area contributed by atoms with E-state index >= 15 is 0 Å². The molecule has 0 saturated heterocycles. The Kier molecular flexibility index (Phi) is 4.50. The molecule has 0 unspecified atom stereocenters. The minimum absolute atomic E-state index is 0.0442. The Bertz CT molecular complexity index is 1290. The van der Waals surface area contributed by atoms with E-state index in [0.29, 0.717) is 5.41 Å². The van der Waals surface area contributed by atoms with Gasteiger partial charge in [0.2, 0.25) is 0 Å². The van der Waals surface area contributed by atoms with Crippen molar-refractivity contribution in [2.24, 2.45) is 5.41 Å². The molecule has 0 spiro atoms. The molecule has 31 heavy (non-hydrogen) atoms. The molecule has 0 saturated carbocycles. The van der Waals surface area contributed by atoms with Crippen LogP contribution in [0.2, 0.25) is 0 Å². The van der Waals surface area contributed by atoms with Gasteiger partial charge >= 0.3 is 5.97 Å². The molecular weight excluding hydrogens is 390 g/mol. The normalized spacial score (nSPS) is 15.3. The summed E-state index contributed by atoms with van der Waals surface area (Å²) in [6.07, 6.45) is 5.06. The van der Waals surface area contributed by atoms with Crippen LogP contribution >= 0.6 is 0 Å². The first-order chi connectivity index (χ1) is 14.8. The Morgan fingerprint density at radius 3 is 2.87 bits per heavy atom. The number of benzene rings is 1. The van der Waals surface area contributed by atoms with E-state index in [-0.39, 0.29) is 6.54 Å². The molecule has 4 aromatic rings. The molecular formula is C24H27N5O2. The smallest absolute Gasteiger partial charge is 0.323 e. The zero-order chi connectivity index (χ0) is 21.8. The molecule has 160 valence electrons. The molecule has 0 aliphatic heterocycles. The van der Waals surface area contributed by atoms with Gasteiger partial charge in [-0.05, 0) is 55.9 Å². The van der Waals surface area contributed by atoms with E-state index < -0.39 is 5.97 Å². The number of hydrogen-bond acceptors (Lipinski definition) is 3. The number of rotatable bonds is 5. The fourth-order valence-corrected chi connectivity index (χ4v) is 4.71. The van der Waals surface area contributed by atoms with E-state index in [1.807, 2.05) is 24.4 Å². The molecule has 0 bridgehead atoms. The molecule has 2 N–H and O–H groups in total. The lowest BCUT2D eigenvalue weighted by Gasteiger charge is -2.30. The van der Waals surface area contributed by atoms with Crippen molar-refractivity contribution < 1.29 is 9.90 Å². The number of carboxylic acid groups (broad SMARTS) is 1. The lowest BCUT2D eigenvalue weighted by Crippen LogP contribution is -2.24. The van der Waals surface area contributed by atoms with E-state index in [9.17, 15) is 4.79 Å². The van der Waals surface area contributed by atoms with Gasteiger partial charge in [0.05, 0.1) is 11.4 Å². The summed E-state index contributed by atoms with van der Waals surface area (Å²) in [5.41, 5.74) is 7.72. The summed E-state index contributed by atoms with van der Waals surface area (Å²) in [6.45, 7) is 7.62. The zero-order valence-electron chi connectivity index (χ0n) is 18.1. The number of aryl methyl sites for hydroxylation is 1. The first-order valence-electron chi connectivity index (χ1n) is 10.8. The van der Waals surface area contributed by atoms with Crippen molar-refractivity contribution in [3.8, 4) is 22.6 Å². The van der Waals surface area contributed by atoms with Crippen LogP contribution in [0.4, 0.5) is 0 Å². The average Bonchev–Trinajstić information content (AvgIpc) is 3.43. The van der Waals surface area contributed by atoms with Gasteiger partial charge in [-0.15, -0.1) is 0 Å². The highest BCUT2D eigenvalue weighted by Gasteiger charge is 2.31. The van der Waals surface area contributed by atoms with Crippen LogP contribution < -0.4 is 0 Å². The van der Waals surface area contributed by atoms with Crippen LogP contribution in [0.3, 0.4) is 0 Å². The summed E-state index contributed by atoms with van der Waals surface area (Å²) in [6, 6.07) is 10.0. The van der Waals surface area contributed by atoms with Gasteiger partial charge in [0, 0.05) is 40.5 Å². The third-order valence-electron chi connectivity index (χ3n) is 6.37. The number of carboxylic acids is 1. The van der Waals surface area contributed by atoms with Gasteiger partial charge in [-0.1, -0.05) is 19.9 Å². The predicted molar refractivity (Wildman–Crippen MR) is 120 cm³/mol. The molecule has 0 atom stereocenters. The highest BCUT2D eigenvalue weighted by Crippen LogP contribution is 2.39. The largest absolute Gasteiger partial charge is 0.480 e. The van der Waals surface area contributed by atoms with Crippen LogP contribution in [0, 0.1) is 5.41 Å². The number of aliphatic carboxylic acids is 1. The third kappa shape index (κ3) is 3.44. The summed E-state index contributed by atoms with van der Waals surface area (Å²) < 4.78 is 3.88. The van der Waals surface area contributed by atoms with Gasteiger partial charge < -0.3 is 9.67 Å². The summed E-state index contributed by atoms with van der Waals surface area (Å²) in [7, 11) is 0. The van der Waals surface area contributed by atoms with Crippen LogP contribution in [0.15, 0.2) is 36.5 Å². The quantitative estimate of drug-likeness (QED) is 0.500. The van der Waals surface area contributed by atoms with Crippen LogP contribution in [0.1, 0.15) is 38.4 Å². The van der Waals surface area contributed by atoms with Crippen molar-refractivity contribution in [2.75, 3.05) is 0 Å². The highest BCUT2D eigenvalue weighted by atomic mass is 16.4. The number of aromatic nitrogens is 5. The van der Waals surface area contributed by atoms with E-state index in [1.54, 1.807) is 4.57 Å². The topological polar surface area (TPSA) is 88.7 Å². The summed E-state index contributed by atoms with van der Waals surface area (Å²) in [4.78, 5) is 11.1. The number of nitrogens with zero attached hydrogens (tertiary/aromatic N) is 4. The standard InChI is InChI=1S/C24H27N5O2/c1-4-29-21-13-24(2,3)9-7-17(21)23(27-29)19-12-18(25-26-19)15-5-6-20-16(11-15)8-10-28(20)14-22(30)31/h5-6,8,10-12H,4,7,9,13-14H2,1-3H3,(H,25,26)(H,30,31). The number of hydrogen-bond donors (Lipinski definition) is 2. The molecule has 1 aromatic carbocycles. The molecule has 0 fully saturated rings. The van der Waals surface area contributed by atoms with Crippen LogP contribution in [0.5, 0.6) is 0 Å². The van der Waals surface area contributed by atoms with Gasteiger partial charge in [-0.2, -0.15) is 10.2 Å². The van der Waals surface area contributed by atoms with Crippen molar-refractivity contribution in [3.63, 3.8) is 0 Å². The Balaban J connectivity index is 1.50. The minimum Gasteiger partial charge on any atom is -0.480 e. The lowest BCUT2D eigenvalue weighted by atomic mass is 9.76. The monoisotopic (exact) mass is 417 g/mol. The molecule has 7 nitrogen and oxygen atoms in total. The van der Waals surface area contributed by atoms with Crippen LogP contribution in [-0.4, -0.2) is 35.6 Å². The van der Waals surface area contributed by atoms with Crippen molar-refractivity contribution >= 4 is 16.9 Å². The fourth-order valence-electron chi connectivity index (χ4n) is 4.71. The van der Waals surface area contributed by atoms with Crippen molar-refractivity contribution in [2.45, 2.75) is 53.1 Å². The molecule has 0 amide bonds. The molecule has 1 aliphatic rings. The number of fused-ring (bicyclic) bond motifs is 2. The van der Waals surface area contributed by atoms with Crippen molar-refractivity contribution in [1.82, 2.24) is 24.5 Å². The second-order valence-corrected chi connectivity index (χ2v) is 9.21. The Morgan fingerprint density at radius 1 is 1.26 bits per heavy atom. The first kappa shape index (κ1) is 19.6. The molecule has 1 aliphatic carbocycles. The Morgan fingerprint density at radius 2 is 2.10 bits per heavy atom. The SMILES string of the molecule is CCn1nc(-c2cc(-c3ccc4c(ccn4CC(=O)O)c3)n[nH]2)c2c1CC(C)(C)CC2. The molecule has 3 heterocycles. The Labute approximate surface area is 180 Å². The minimum atomic E-state index is -0.850. The van der Waals surface area contributed by atoms with Gasteiger partial charge in [-0.3, -0.25) is 14.6 Å². The second kappa shape index (κ2) is 7.11. The average molecular weight is 418 g/mol. The number of H-pyrrole nitrogens is 1. The maximum Gasteiger partial charge on any atom is 0.323 e. The zero-order valence-corrected chi connectivity index (χ0v) is 18.1. The number of carbonyl (C=O) groups is 1. The van der Waals surface area contributed by atoms with Crippen LogP contribution in [0.25, 0.3) is 33.5 Å². The van der Waals surface area contributed by atoms with Gasteiger partial charge in [-0.25, -0.2) is 0 Å². The summed E-state index contributed by atoms with van der Waals surface area (Å²) in [5.74, 6) is -0.850. The van der Waals surface area contributed by atoms with Crippen molar-refractivity contribution in [3.05, 3.63) is 47.8 Å². The third-order valence-corrected chi connectivity index (χ3v) is 6.37. The van der Waals surface area contributed by atoms with E-state index in [0.717, 1.165) is 59.4 Å². The molecule has 3 aromatic heterocycles. The highest BCUT2D eigenvalue weighted by molar-refractivity contribution is 5.86. The Hall–Kier alpha value is -3.35. The van der Waals surface area contributed by atoms with E-state index in [1.165, 1.54) is 11.3 Å². The van der Waals surface area contributed by atoms with Gasteiger partial charge in [0.1, 0.15) is 12.2 Å². The maximum absolute atomic E-state index is 11.1. The van der Waals surface area contributed by atoms with Gasteiger partial charge in [0.15, 0.2) is 0 Å². The second-order valence-electron chi connectivity index (χ2n) is 9.21. The van der Waals surface area contributed by atoms with Crippen LogP contribution in [-0.2, 0) is 30.7 Å². The number of nitrogens with one attached hydrogen (secondary N) is 1. The van der Waals surface area contributed by atoms with E-state index in [2.05, 4.69) is 47.8 Å². The lowest BCUT2D eigenvalue weighted by molar-refractivity contribution is -0.137. The molecule has 5 rings (SSSR count). The van der Waals surface area contributed by atoms with E-state index in [4.69, 9.17) is 10.2 Å². The summed E-state index contributed by atoms with van der Waals surface area (Å²) in [5, 5.41) is 22.8. The van der Waals surface area contributed by atoms with Crippen molar-refractivity contribution in [1.29, 1.82) is 0 Å². The first-order valence-corrected chi connectivity index (χ1v) is 10.8. The molecule has 7 heteroatoms. The van der Waals surface area contributed by atoms with Gasteiger partial charge in [0.25, 0.3) is 0 Å². The molecule has 0 radical (unpaired) electrons. The number of aromatic amines is 1. The summed E-state index contributed by atoms with van der Waals surface area (Å²) >= 11 is 0. The fraction of sp³-hybridized carbons (Fsp3) is 0.375.